The fourth-order valence-corrected chi connectivity index (χ4v) is 2.48. The minimum absolute atomic E-state index is 0. The molecular weight excluding hydrogens is 353 g/mol. The van der Waals surface area contributed by atoms with Crippen molar-refractivity contribution in [2.24, 2.45) is 0 Å². The lowest BCUT2D eigenvalue weighted by Crippen LogP contribution is -2.49. The van der Waals surface area contributed by atoms with Gasteiger partial charge in [-0.05, 0) is 23.8 Å². The molecule has 2 nitrogen and oxygen atoms in total. The van der Waals surface area contributed by atoms with Crippen LogP contribution in [0.25, 0.3) is 0 Å². The second-order valence-electron chi connectivity index (χ2n) is 5.00. The third-order valence-electron chi connectivity index (χ3n) is 3.39. The molecule has 0 bridgehead atoms. The van der Waals surface area contributed by atoms with Crippen molar-refractivity contribution in [1.29, 1.82) is 0 Å². The zero-order chi connectivity index (χ0) is 16.5. The first-order chi connectivity index (χ1) is 10.1. The van der Waals surface area contributed by atoms with E-state index in [1.807, 2.05) is 0 Å². The first kappa shape index (κ1) is 20.0. The highest BCUT2D eigenvalue weighted by atomic mass is 35.5. The van der Waals surface area contributed by atoms with E-state index in [1.165, 1.54) is 0 Å². The molecule has 0 unspecified atom stereocenters. The minimum Gasteiger partial charge on any atom is -0.314 e. The van der Waals surface area contributed by atoms with Crippen molar-refractivity contribution in [3.63, 3.8) is 0 Å². The van der Waals surface area contributed by atoms with Crippen LogP contribution < -0.4 is 5.32 Å². The lowest BCUT2D eigenvalue weighted by molar-refractivity contribution is -0.188. The summed E-state index contributed by atoms with van der Waals surface area (Å²) in [5, 5.41) is 2.86. The third-order valence-corrected chi connectivity index (χ3v) is 3.39. The van der Waals surface area contributed by atoms with E-state index in [2.05, 4.69) is 5.32 Å². The van der Waals surface area contributed by atoms with E-state index in [9.17, 15) is 30.7 Å². The van der Waals surface area contributed by atoms with E-state index in [-0.39, 0.29) is 44.7 Å². The Morgan fingerprint density at radius 2 is 1.52 bits per heavy atom. The van der Waals surface area contributed by atoms with Crippen LogP contribution in [0, 0.1) is 5.82 Å². The molecule has 1 aromatic carbocycles. The van der Waals surface area contributed by atoms with Crippen molar-refractivity contribution >= 4 is 12.4 Å². The van der Waals surface area contributed by atoms with Crippen molar-refractivity contribution in [1.82, 2.24) is 10.2 Å². The molecule has 132 valence electrons. The summed E-state index contributed by atoms with van der Waals surface area (Å²) >= 11 is 0. The summed E-state index contributed by atoms with van der Waals surface area (Å²) < 4.78 is 91.3. The molecule has 0 radical (unpaired) electrons. The van der Waals surface area contributed by atoms with E-state index >= 15 is 0 Å². The van der Waals surface area contributed by atoms with Crippen LogP contribution >= 0.6 is 12.4 Å². The van der Waals surface area contributed by atoms with Crippen LogP contribution in [0.5, 0.6) is 0 Å². The number of alkyl halides is 6. The van der Waals surface area contributed by atoms with Gasteiger partial charge in [0.05, 0.1) is 5.56 Å². The molecule has 23 heavy (non-hydrogen) atoms. The Balaban J connectivity index is 0.00000264. The molecule has 1 aromatic rings. The average molecular weight is 367 g/mol. The molecule has 1 atom stereocenters. The Morgan fingerprint density at radius 1 is 0.957 bits per heavy atom. The van der Waals surface area contributed by atoms with Crippen LogP contribution in [-0.2, 0) is 6.18 Å². The largest absolute Gasteiger partial charge is 0.416 e. The summed E-state index contributed by atoms with van der Waals surface area (Å²) in [4.78, 5) is 1.01. The Labute approximate surface area is 134 Å². The summed E-state index contributed by atoms with van der Waals surface area (Å²) in [7, 11) is 0. The van der Waals surface area contributed by atoms with E-state index in [4.69, 9.17) is 0 Å². The van der Waals surface area contributed by atoms with Gasteiger partial charge in [0, 0.05) is 26.2 Å². The van der Waals surface area contributed by atoms with E-state index in [0.717, 1.165) is 4.90 Å². The predicted molar refractivity (Wildman–Crippen MR) is 71.9 cm³/mol. The molecule has 2 rings (SSSR count). The maximum absolute atomic E-state index is 13.4. The summed E-state index contributed by atoms with van der Waals surface area (Å²) in [6.45, 7) is 0.603. The van der Waals surface area contributed by atoms with Crippen LogP contribution in [0.3, 0.4) is 0 Å². The highest BCUT2D eigenvalue weighted by molar-refractivity contribution is 5.85. The van der Waals surface area contributed by atoms with Gasteiger partial charge in [0.2, 0.25) is 0 Å². The number of hydrogen-bond acceptors (Lipinski definition) is 2. The monoisotopic (exact) mass is 366 g/mol. The van der Waals surface area contributed by atoms with Crippen LogP contribution in [0.2, 0.25) is 0 Å². The molecule has 1 aliphatic rings. The number of piperazine rings is 1. The third kappa shape index (κ3) is 4.95. The second-order valence-corrected chi connectivity index (χ2v) is 5.00. The normalized spacial score (nSPS) is 18.4. The molecule has 0 amide bonds. The molecule has 0 aliphatic carbocycles. The highest BCUT2D eigenvalue weighted by Gasteiger charge is 2.46. The van der Waals surface area contributed by atoms with Crippen LogP contribution in [0.15, 0.2) is 18.2 Å². The van der Waals surface area contributed by atoms with Gasteiger partial charge in [-0.25, -0.2) is 4.39 Å². The molecule has 0 spiro atoms. The molecule has 1 aliphatic heterocycles. The molecule has 0 aromatic heterocycles. The van der Waals surface area contributed by atoms with E-state index in [1.54, 1.807) is 0 Å². The second kappa shape index (κ2) is 7.23. The molecule has 1 N–H and O–H groups in total. The van der Waals surface area contributed by atoms with Gasteiger partial charge in [0.15, 0.2) is 0 Å². The topological polar surface area (TPSA) is 15.3 Å². The Bertz CT molecular complexity index is 524. The van der Waals surface area contributed by atoms with Gasteiger partial charge in [0.25, 0.3) is 0 Å². The Hall–Kier alpha value is -1.06. The summed E-state index contributed by atoms with van der Waals surface area (Å²) in [5.74, 6) is -1.34. The van der Waals surface area contributed by atoms with Crippen molar-refractivity contribution in [2.75, 3.05) is 26.2 Å². The minimum atomic E-state index is -4.91. The summed E-state index contributed by atoms with van der Waals surface area (Å²) in [6, 6.07) is -1.20. The van der Waals surface area contributed by atoms with Crippen molar-refractivity contribution in [2.45, 2.75) is 18.4 Å². The smallest absolute Gasteiger partial charge is 0.314 e. The van der Waals surface area contributed by atoms with Crippen molar-refractivity contribution in [3.05, 3.63) is 35.1 Å². The lowest BCUT2D eigenvalue weighted by atomic mass is 10.0. The molecule has 1 saturated heterocycles. The quantitative estimate of drug-likeness (QED) is 0.802. The Kier molecular flexibility index (Phi) is 6.28. The number of rotatable bonds is 2. The standard InChI is InChI=1S/C13H13F7N2.ClH/c14-10-6-8(5-9(7-10)12(15,16)17)11(13(18,19)20)22-3-1-21-2-4-22;/h5-7,11,21H,1-4H2;1H/t11-;/m0./s1. The van der Waals surface area contributed by atoms with Gasteiger partial charge >= 0.3 is 12.4 Å². The number of halogens is 8. The van der Waals surface area contributed by atoms with Gasteiger partial charge in [-0.2, -0.15) is 26.3 Å². The fraction of sp³-hybridized carbons (Fsp3) is 0.538. The van der Waals surface area contributed by atoms with Gasteiger partial charge in [-0.1, -0.05) is 0 Å². The first-order valence-electron chi connectivity index (χ1n) is 6.48. The highest BCUT2D eigenvalue weighted by Crippen LogP contribution is 2.40. The Morgan fingerprint density at radius 3 is 2.00 bits per heavy atom. The summed E-state index contributed by atoms with van der Waals surface area (Å²) in [6.07, 6.45) is -9.70. The van der Waals surface area contributed by atoms with Crippen LogP contribution in [0.1, 0.15) is 17.2 Å². The van der Waals surface area contributed by atoms with Crippen LogP contribution in [-0.4, -0.2) is 37.3 Å². The van der Waals surface area contributed by atoms with Gasteiger partial charge in [-0.15, -0.1) is 12.4 Å². The van der Waals surface area contributed by atoms with Gasteiger partial charge in [0.1, 0.15) is 11.9 Å². The molecule has 10 heteroatoms. The number of nitrogens with zero attached hydrogens (tertiary/aromatic N) is 1. The zero-order valence-electron chi connectivity index (χ0n) is 11.6. The number of benzene rings is 1. The number of hydrogen-bond donors (Lipinski definition) is 1. The van der Waals surface area contributed by atoms with Gasteiger partial charge < -0.3 is 5.32 Å². The number of nitrogens with one attached hydrogen (secondary N) is 1. The maximum Gasteiger partial charge on any atom is 0.416 e. The molecule has 1 fully saturated rings. The van der Waals surface area contributed by atoms with Crippen LogP contribution in [0.4, 0.5) is 30.7 Å². The molecule has 1 heterocycles. The van der Waals surface area contributed by atoms with E-state index in [0.29, 0.717) is 12.1 Å². The molecule has 0 saturated carbocycles. The zero-order valence-corrected chi connectivity index (χ0v) is 12.5. The summed E-state index contributed by atoms with van der Waals surface area (Å²) in [5.41, 5.74) is -2.16. The maximum atomic E-state index is 13.4. The van der Waals surface area contributed by atoms with Crippen molar-refractivity contribution in [3.8, 4) is 0 Å². The fourth-order valence-electron chi connectivity index (χ4n) is 2.48. The average Bonchev–Trinajstić information content (AvgIpc) is 2.36. The first-order valence-corrected chi connectivity index (χ1v) is 6.48. The van der Waals surface area contributed by atoms with Gasteiger partial charge in [-0.3, -0.25) is 4.90 Å². The SMILES string of the molecule is Cl.Fc1cc([C@H](N2CCNCC2)C(F)(F)F)cc(C(F)(F)F)c1. The van der Waals surface area contributed by atoms with Crippen molar-refractivity contribution < 1.29 is 30.7 Å². The lowest BCUT2D eigenvalue weighted by Gasteiger charge is -2.36. The predicted octanol–water partition coefficient (Wildman–Crippen LogP) is 3.77. The van der Waals surface area contributed by atoms with E-state index < -0.39 is 35.3 Å². The molecular formula is C13H14ClF7N2.